The van der Waals surface area contributed by atoms with E-state index >= 15 is 0 Å². The van der Waals surface area contributed by atoms with Crippen LogP contribution in [0.2, 0.25) is 0 Å². The molecule has 98 valence electrons. The molecule has 1 amide bonds. The number of aliphatic carboxylic acids is 1. The first-order chi connectivity index (χ1) is 8.10. The third-order valence-electron chi connectivity index (χ3n) is 3.76. The number of carbonyl (C=O) groups is 2. The lowest BCUT2D eigenvalue weighted by atomic mass is 9.75. The topological polar surface area (TPSA) is 66.4 Å². The van der Waals surface area contributed by atoms with Gasteiger partial charge in [0, 0.05) is 12.5 Å². The Morgan fingerprint density at radius 1 is 1.29 bits per heavy atom. The fraction of sp³-hybridized carbons (Fsp3) is 0.846. The molecule has 3 atom stereocenters. The van der Waals surface area contributed by atoms with Crippen LogP contribution in [-0.2, 0) is 9.59 Å². The minimum absolute atomic E-state index is 0.0298. The van der Waals surface area contributed by atoms with Crippen molar-refractivity contribution < 1.29 is 14.7 Å². The molecule has 0 aromatic carbocycles. The summed E-state index contributed by atoms with van der Waals surface area (Å²) in [7, 11) is 0. The van der Waals surface area contributed by atoms with Crippen molar-refractivity contribution in [3.63, 3.8) is 0 Å². The molecule has 1 fully saturated rings. The number of carboxylic acids is 1. The predicted octanol–water partition coefficient (Wildman–Crippen LogP) is 2.18. The van der Waals surface area contributed by atoms with Crippen LogP contribution in [0.3, 0.4) is 0 Å². The molecule has 1 saturated carbocycles. The van der Waals surface area contributed by atoms with Crippen molar-refractivity contribution >= 4 is 11.9 Å². The second-order valence-electron chi connectivity index (χ2n) is 4.83. The lowest BCUT2D eigenvalue weighted by molar-refractivity contribution is -0.145. The van der Waals surface area contributed by atoms with Crippen molar-refractivity contribution in [2.24, 2.45) is 11.8 Å². The van der Waals surface area contributed by atoms with Gasteiger partial charge in [0.15, 0.2) is 0 Å². The molecule has 17 heavy (non-hydrogen) atoms. The van der Waals surface area contributed by atoms with E-state index in [-0.39, 0.29) is 23.8 Å². The van der Waals surface area contributed by atoms with E-state index in [2.05, 4.69) is 5.32 Å². The molecule has 4 nitrogen and oxygen atoms in total. The second kappa shape index (κ2) is 6.62. The van der Waals surface area contributed by atoms with Crippen molar-refractivity contribution in [3.8, 4) is 0 Å². The normalized spacial score (nSPS) is 26.2. The molecule has 3 unspecified atom stereocenters. The monoisotopic (exact) mass is 241 g/mol. The van der Waals surface area contributed by atoms with Crippen LogP contribution in [0.25, 0.3) is 0 Å². The zero-order valence-corrected chi connectivity index (χ0v) is 10.7. The maximum Gasteiger partial charge on any atom is 0.306 e. The molecule has 1 rings (SSSR count). The minimum atomic E-state index is -0.727. The Labute approximate surface area is 103 Å². The van der Waals surface area contributed by atoms with Gasteiger partial charge in [-0.3, -0.25) is 9.59 Å². The zero-order chi connectivity index (χ0) is 12.8. The van der Waals surface area contributed by atoms with E-state index in [1.165, 1.54) is 0 Å². The van der Waals surface area contributed by atoms with Crippen LogP contribution in [0, 0.1) is 11.8 Å². The fourth-order valence-electron chi connectivity index (χ4n) is 2.79. The molecule has 4 heteroatoms. The molecular formula is C13H23NO3. The summed E-state index contributed by atoms with van der Waals surface area (Å²) in [6.07, 6.45) is 5.10. The molecule has 1 aliphatic rings. The van der Waals surface area contributed by atoms with Gasteiger partial charge in [-0.2, -0.15) is 0 Å². The first kappa shape index (κ1) is 14.0. The molecule has 0 bridgehead atoms. The van der Waals surface area contributed by atoms with E-state index < -0.39 is 5.97 Å². The molecule has 1 aliphatic carbocycles. The van der Waals surface area contributed by atoms with Gasteiger partial charge in [-0.15, -0.1) is 0 Å². The number of carbonyl (C=O) groups excluding carboxylic acids is 1. The van der Waals surface area contributed by atoms with E-state index in [0.717, 1.165) is 25.7 Å². The van der Waals surface area contributed by atoms with Gasteiger partial charge in [-0.05, 0) is 25.2 Å². The van der Waals surface area contributed by atoms with Gasteiger partial charge in [0.05, 0.1) is 5.92 Å². The Balaban J connectivity index is 2.70. The Bertz CT molecular complexity index is 278. The summed E-state index contributed by atoms with van der Waals surface area (Å²) in [4.78, 5) is 22.7. The quantitative estimate of drug-likeness (QED) is 0.775. The fourth-order valence-corrected chi connectivity index (χ4v) is 2.79. The summed E-state index contributed by atoms with van der Waals surface area (Å²) >= 11 is 0. The zero-order valence-electron chi connectivity index (χ0n) is 10.7. The van der Waals surface area contributed by atoms with E-state index in [4.69, 9.17) is 0 Å². The Kier molecular flexibility index (Phi) is 5.45. The first-order valence-corrected chi connectivity index (χ1v) is 6.62. The van der Waals surface area contributed by atoms with Gasteiger partial charge in [0.25, 0.3) is 0 Å². The first-order valence-electron chi connectivity index (χ1n) is 6.62. The summed E-state index contributed by atoms with van der Waals surface area (Å²) in [5.74, 6) is -0.920. The van der Waals surface area contributed by atoms with Gasteiger partial charge in [0.2, 0.25) is 5.91 Å². The molecule has 0 radical (unpaired) electrons. The second-order valence-corrected chi connectivity index (χ2v) is 4.83. The SMILES string of the molecule is CCC(=O)NC1CCCCC1C(CC)C(=O)O. The van der Waals surface area contributed by atoms with Crippen LogP contribution in [0.15, 0.2) is 0 Å². The van der Waals surface area contributed by atoms with Crippen LogP contribution in [0.4, 0.5) is 0 Å². The smallest absolute Gasteiger partial charge is 0.306 e. The number of hydrogen-bond donors (Lipinski definition) is 2. The van der Waals surface area contributed by atoms with Crippen LogP contribution < -0.4 is 5.32 Å². The summed E-state index contributed by atoms with van der Waals surface area (Å²) in [5, 5.41) is 12.2. The average molecular weight is 241 g/mol. The number of nitrogens with one attached hydrogen (secondary N) is 1. The molecule has 0 aromatic heterocycles. The standard InChI is InChI=1S/C13H23NO3/c1-3-9(13(16)17)10-7-5-6-8-11(10)14-12(15)4-2/h9-11H,3-8H2,1-2H3,(H,14,15)(H,16,17). The van der Waals surface area contributed by atoms with Crippen LogP contribution in [-0.4, -0.2) is 23.0 Å². The molecule has 2 N–H and O–H groups in total. The maximum atomic E-state index is 11.4. The molecule has 0 saturated heterocycles. The van der Waals surface area contributed by atoms with Crippen molar-refractivity contribution in [1.29, 1.82) is 0 Å². The number of carboxylic acid groups (broad SMARTS) is 1. The van der Waals surface area contributed by atoms with Gasteiger partial charge >= 0.3 is 5.97 Å². The van der Waals surface area contributed by atoms with Gasteiger partial charge < -0.3 is 10.4 Å². The highest BCUT2D eigenvalue weighted by molar-refractivity contribution is 5.76. The minimum Gasteiger partial charge on any atom is -0.481 e. The van der Waals surface area contributed by atoms with Gasteiger partial charge in [-0.25, -0.2) is 0 Å². The van der Waals surface area contributed by atoms with Gasteiger partial charge in [0.1, 0.15) is 0 Å². The van der Waals surface area contributed by atoms with E-state index in [1.54, 1.807) is 0 Å². The lowest BCUT2D eigenvalue weighted by Crippen LogP contribution is -2.46. The average Bonchev–Trinajstić information content (AvgIpc) is 2.31. The number of amides is 1. The third kappa shape index (κ3) is 3.72. The largest absolute Gasteiger partial charge is 0.481 e. The summed E-state index contributed by atoms with van der Waals surface area (Å²) in [6.45, 7) is 3.73. The van der Waals surface area contributed by atoms with Crippen molar-refractivity contribution in [2.45, 2.75) is 58.4 Å². The third-order valence-corrected chi connectivity index (χ3v) is 3.76. The van der Waals surface area contributed by atoms with Gasteiger partial charge in [-0.1, -0.05) is 26.7 Å². The van der Waals surface area contributed by atoms with E-state index in [1.807, 2.05) is 13.8 Å². The number of hydrogen-bond acceptors (Lipinski definition) is 2. The van der Waals surface area contributed by atoms with Crippen LogP contribution >= 0.6 is 0 Å². The molecule has 0 heterocycles. The van der Waals surface area contributed by atoms with Crippen molar-refractivity contribution in [3.05, 3.63) is 0 Å². The highest BCUT2D eigenvalue weighted by Gasteiger charge is 2.35. The summed E-state index contributed by atoms with van der Waals surface area (Å²) in [6, 6.07) is 0.0530. The highest BCUT2D eigenvalue weighted by atomic mass is 16.4. The predicted molar refractivity (Wildman–Crippen MR) is 65.6 cm³/mol. The summed E-state index contributed by atoms with van der Waals surface area (Å²) < 4.78 is 0. The Morgan fingerprint density at radius 3 is 2.47 bits per heavy atom. The van der Waals surface area contributed by atoms with Crippen molar-refractivity contribution in [2.75, 3.05) is 0 Å². The maximum absolute atomic E-state index is 11.4. The van der Waals surface area contributed by atoms with Crippen molar-refractivity contribution in [1.82, 2.24) is 5.32 Å². The lowest BCUT2D eigenvalue weighted by Gasteiger charge is -2.35. The Hall–Kier alpha value is -1.06. The number of rotatable bonds is 5. The van der Waals surface area contributed by atoms with Crippen LogP contribution in [0.5, 0.6) is 0 Å². The molecule has 0 spiro atoms. The molecule has 0 aromatic rings. The van der Waals surface area contributed by atoms with E-state index in [9.17, 15) is 14.7 Å². The highest BCUT2D eigenvalue weighted by Crippen LogP contribution is 2.32. The van der Waals surface area contributed by atoms with Crippen LogP contribution in [0.1, 0.15) is 52.4 Å². The molecular weight excluding hydrogens is 218 g/mol. The Morgan fingerprint density at radius 2 is 1.94 bits per heavy atom. The summed E-state index contributed by atoms with van der Waals surface area (Å²) in [5.41, 5.74) is 0. The molecule has 0 aliphatic heterocycles. The van der Waals surface area contributed by atoms with E-state index in [0.29, 0.717) is 12.8 Å².